The van der Waals surface area contributed by atoms with Gasteiger partial charge < -0.3 is 16.0 Å². The number of nitrogens with zero attached hydrogens (tertiary/aromatic N) is 5. The number of nitrogens with one attached hydrogen (secondary N) is 1. The number of fused-ring (bicyclic) bond motifs is 1. The summed E-state index contributed by atoms with van der Waals surface area (Å²) < 4.78 is 1.80. The molecule has 1 amide bonds. The van der Waals surface area contributed by atoms with E-state index < -0.39 is 0 Å². The molecule has 8 heteroatoms. The summed E-state index contributed by atoms with van der Waals surface area (Å²) in [6, 6.07) is 7.77. The Morgan fingerprint density at radius 1 is 1.26 bits per heavy atom. The molecule has 0 spiro atoms. The van der Waals surface area contributed by atoms with E-state index in [1.54, 1.807) is 23.1 Å². The minimum absolute atomic E-state index is 0.0317. The summed E-state index contributed by atoms with van der Waals surface area (Å²) in [5.74, 6) is 0.665. The Morgan fingerprint density at radius 3 is 2.93 bits per heavy atom. The van der Waals surface area contributed by atoms with Crippen molar-refractivity contribution in [2.45, 2.75) is 12.8 Å². The van der Waals surface area contributed by atoms with E-state index in [9.17, 15) is 4.79 Å². The van der Waals surface area contributed by atoms with Gasteiger partial charge in [0, 0.05) is 49.7 Å². The molecule has 1 aliphatic rings. The first-order valence-corrected chi connectivity index (χ1v) is 9.21. The van der Waals surface area contributed by atoms with Crippen LogP contribution in [-0.2, 0) is 4.79 Å². The van der Waals surface area contributed by atoms with E-state index in [0.29, 0.717) is 0 Å². The van der Waals surface area contributed by atoms with Crippen LogP contribution in [0.3, 0.4) is 0 Å². The summed E-state index contributed by atoms with van der Waals surface area (Å²) in [6.45, 7) is 3.34. The molecule has 3 aromatic rings. The molecule has 1 atom stereocenters. The molecule has 4 heterocycles. The number of rotatable bonds is 6. The Morgan fingerprint density at radius 2 is 2.11 bits per heavy atom. The van der Waals surface area contributed by atoms with Crippen molar-refractivity contribution in [3.05, 3.63) is 42.9 Å². The number of carbonyl (C=O) groups excluding carboxylic acids is 1. The highest BCUT2D eigenvalue weighted by atomic mass is 16.1. The first-order valence-electron chi connectivity index (χ1n) is 9.21. The van der Waals surface area contributed by atoms with Crippen LogP contribution in [0.25, 0.3) is 16.9 Å². The first kappa shape index (κ1) is 17.4. The molecule has 0 bridgehead atoms. The number of anilines is 1. The monoisotopic (exact) mass is 365 g/mol. The van der Waals surface area contributed by atoms with E-state index in [-0.39, 0.29) is 11.8 Å². The number of aromatic nitrogens is 4. The van der Waals surface area contributed by atoms with E-state index >= 15 is 0 Å². The first-order chi connectivity index (χ1) is 13.2. The predicted octanol–water partition coefficient (Wildman–Crippen LogP) is 1.40. The van der Waals surface area contributed by atoms with Crippen LogP contribution in [0.1, 0.15) is 12.8 Å². The van der Waals surface area contributed by atoms with Crippen LogP contribution in [-0.4, -0.2) is 56.6 Å². The van der Waals surface area contributed by atoms with Crippen molar-refractivity contribution in [1.82, 2.24) is 24.5 Å². The molecular formula is C19H23N7O. The summed E-state index contributed by atoms with van der Waals surface area (Å²) in [6.07, 6.45) is 7.17. The Balaban J connectivity index is 1.47. The smallest absolute Gasteiger partial charge is 0.221 e. The lowest BCUT2D eigenvalue weighted by Crippen LogP contribution is -2.42. The Bertz CT molecular complexity index is 924. The number of hydrogen-bond donors (Lipinski definition) is 2. The molecule has 0 aliphatic carbocycles. The molecule has 140 valence electrons. The van der Waals surface area contributed by atoms with Gasteiger partial charge in [-0.2, -0.15) is 9.61 Å². The molecule has 1 aliphatic heterocycles. The number of piperidine rings is 1. The SMILES string of the molecule is NC(=O)[C@@H]1CCCN(CCNc2cc(-c3ccncc3)nc3ccnn23)C1. The lowest BCUT2D eigenvalue weighted by molar-refractivity contribution is -0.123. The molecule has 8 nitrogen and oxygen atoms in total. The Kier molecular flexibility index (Phi) is 4.97. The normalized spacial score (nSPS) is 17.9. The number of nitrogens with two attached hydrogens (primary N) is 1. The average Bonchev–Trinajstić information content (AvgIpc) is 3.18. The van der Waals surface area contributed by atoms with Gasteiger partial charge in [0.05, 0.1) is 17.8 Å². The van der Waals surface area contributed by atoms with Gasteiger partial charge in [0.1, 0.15) is 5.82 Å². The van der Waals surface area contributed by atoms with E-state index in [1.807, 2.05) is 24.3 Å². The van der Waals surface area contributed by atoms with Gasteiger partial charge >= 0.3 is 0 Å². The molecule has 27 heavy (non-hydrogen) atoms. The standard InChI is InChI=1S/C19H23N7O/c20-19(27)15-2-1-10-25(13-15)11-9-22-18-12-16(14-3-6-21-7-4-14)24-17-5-8-23-26(17)18/h3-8,12,15,22H,1-2,9-11,13H2,(H2,20,27)/t15-/m1/s1. The molecule has 1 fully saturated rings. The zero-order chi connectivity index (χ0) is 18.6. The maximum absolute atomic E-state index is 11.4. The minimum atomic E-state index is -0.193. The fourth-order valence-electron chi connectivity index (χ4n) is 3.54. The quantitative estimate of drug-likeness (QED) is 0.685. The van der Waals surface area contributed by atoms with E-state index in [4.69, 9.17) is 5.73 Å². The number of primary amides is 1. The summed E-state index contributed by atoms with van der Waals surface area (Å²) >= 11 is 0. The van der Waals surface area contributed by atoms with Crippen molar-refractivity contribution in [2.75, 3.05) is 31.5 Å². The Hall–Kier alpha value is -3.00. The van der Waals surface area contributed by atoms with Gasteiger partial charge in [-0.25, -0.2) is 4.98 Å². The van der Waals surface area contributed by atoms with Crippen LogP contribution >= 0.6 is 0 Å². The van der Waals surface area contributed by atoms with Crippen LogP contribution < -0.4 is 11.1 Å². The highest BCUT2D eigenvalue weighted by molar-refractivity contribution is 5.77. The van der Waals surface area contributed by atoms with Crippen molar-refractivity contribution in [3.8, 4) is 11.3 Å². The number of likely N-dealkylation sites (tertiary alicyclic amines) is 1. The van der Waals surface area contributed by atoms with E-state index in [2.05, 4.69) is 25.3 Å². The minimum Gasteiger partial charge on any atom is -0.369 e. The molecule has 0 saturated carbocycles. The molecule has 0 radical (unpaired) electrons. The van der Waals surface area contributed by atoms with Crippen LogP contribution in [0.5, 0.6) is 0 Å². The second kappa shape index (κ2) is 7.71. The topological polar surface area (TPSA) is 101 Å². The molecule has 1 saturated heterocycles. The van der Waals surface area contributed by atoms with Crippen molar-refractivity contribution in [2.24, 2.45) is 11.7 Å². The summed E-state index contributed by atoms with van der Waals surface area (Å²) in [5.41, 5.74) is 8.14. The van der Waals surface area contributed by atoms with E-state index in [1.165, 1.54) is 0 Å². The van der Waals surface area contributed by atoms with Gasteiger partial charge in [-0.15, -0.1) is 0 Å². The summed E-state index contributed by atoms with van der Waals surface area (Å²) in [7, 11) is 0. The fourth-order valence-corrected chi connectivity index (χ4v) is 3.54. The summed E-state index contributed by atoms with van der Waals surface area (Å²) in [4.78, 5) is 22.5. The van der Waals surface area contributed by atoms with Gasteiger partial charge in [-0.3, -0.25) is 9.78 Å². The number of pyridine rings is 1. The van der Waals surface area contributed by atoms with Crippen LogP contribution in [0.2, 0.25) is 0 Å². The van der Waals surface area contributed by atoms with Gasteiger partial charge in [0.2, 0.25) is 5.91 Å². The van der Waals surface area contributed by atoms with Gasteiger partial charge in [0.15, 0.2) is 5.65 Å². The number of carbonyl (C=O) groups is 1. The van der Waals surface area contributed by atoms with Crippen molar-refractivity contribution in [3.63, 3.8) is 0 Å². The zero-order valence-corrected chi connectivity index (χ0v) is 15.1. The third kappa shape index (κ3) is 3.90. The van der Waals surface area contributed by atoms with Crippen LogP contribution in [0.15, 0.2) is 42.9 Å². The maximum atomic E-state index is 11.4. The lowest BCUT2D eigenvalue weighted by atomic mass is 9.97. The van der Waals surface area contributed by atoms with Gasteiger partial charge in [-0.05, 0) is 31.5 Å². The lowest BCUT2D eigenvalue weighted by Gasteiger charge is -2.31. The Labute approximate surface area is 157 Å². The van der Waals surface area contributed by atoms with Crippen molar-refractivity contribution in [1.29, 1.82) is 0 Å². The molecule has 0 aromatic carbocycles. The third-order valence-corrected chi connectivity index (χ3v) is 4.98. The predicted molar refractivity (Wildman–Crippen MR) is 103 cm³/mol. The molecule has 0 unspecified atom stereocenters. The fraction of sp³-hybridized carbons (Fsp3) is 0.368. The van der Waals surface area contributed by atoms with Crippen molar-refractivity contribution >= 4 is 17.4 Å². The molecule has 4 rings (SSSR count). The highest BCUT2D eigenvalue weighted by Crippen LogP contribution is 2.21. The zero-order valence-electron chi connectivity index (χ0n) is 15.1. The third-order valence-electron chi connectivity index (χ3n) is 4.98. The molecule has 3 N–H and O–H groups in total. The average molecular weight is 365 g/mol. The van der Waals surface area contributed by atoms with Crippen LogP contribution in [0, 0.1) is 5.92 Å². The molecule has 3 aromatic heterocycles. The van der Waals surface area contributed by atoms with E-state index in [0.717, 1.165) is 61.7 Å². The second-order valence-electron chi connectivity index (χ2n) is 6.83. The highest BCUT2D eigenvalue weighted by Gasteiger charge is 2.23. The van der Waals surface area contributed by atoms with Gasteiger partial charge in [-0.1, -0.05) is 0 Å². The second-order valence-corrected chi connectivity index (χ2v) is 6.83. The molecular weight excluding hydrogens is 342 g/mol. The largest absolute Gasteiger partial charge is 0.369 e. The summed E-state index contributed by atoms with van der Waals surface area (Å²) in [5, 5.41) is 7.82. The van der Waals surface area contributed by atoms with Gasteiger partial charge in [0.25, 0.3) is 0 Å². The van der Waals surface area contributed by atoms with Crippen LogP contribution in [0.4, 0.5) is 5.82 Å². The van der Waals surface area contributed by atoms with Crippen molar-refractivity contribution < 1.29 is 4.79 Å². The number of hydrogen-bond acceptors (Lipinski definition) is 6. The number of amides is 1. The maximum Gasteiger partial charge on any atom is 0.221 e.